The molecule has 2 heterocycles. The Balaban J connectivity index is 2.10. The van der Waals surface area contributed by atoms with Crippen molar-refractivity contribution in [3.8, 4) is 0 Å². The van der Waals surface area contributed by atoms with Gasteiger partial charge in [-0.3, -0.25) is 0 Å². The number of hydrogen-bond acceptors (Lipinski definition) is 3. The summed E-state index contributed by atoms with van der Waals surface area (Å²) in [5, 5.41) is 18.8. The molecule has 6 nitrogen and oxygen atoms in total. The smallest absolute Gasteiger partial charge is 0.326 e. The molecule has 2 rings (SSSR count). The first kappa shape index (κ1) is 14.1. The molecule has 19 heavy (non-hydrogen) atoms. The molecule has 0 aromatic carbocycles. The Morgan fingerprint density at radius 2 is 1.89 bits per heavy atom. The number of rotatable bonds is 1. The van der Waals surface area contributed by atoms with Gasteiger partial charge in [-0.1, -0.05) is 12.8 Å². The van der Waals surface area contributed by atoms with E-state index in [0.29, 0.717) is 6.54 Å². The molecule has 2 aliphatic heterocycles. The zero-order valence-corrected chi connectivity index (χ0v) is 11.3. The first-order chi connectivity index (χ1) is 9.00. The van der Waals surface area contributed by atoms with E-state index in [1.165, 1.54) is 4.90 Å². The Kier molecular flexibility index (Phi) is 4.29. The maximum absolute atomic E-state index is 12.5. The lowest BCUT2D eigenvalue weighted by molar-refractivity contribution is -0.141. The van der Waals surface area contributed by atoms with Crippen LogP contribution < -0.4 is 0 Å². The normalized spacial score (nSPS) is 32.2. The molecule has 2 aliphatic rings. The molecular formula is C13H22N2O4. The fourth-order valence-corrected chi connectivity index (χ4v) is 2.98. The van der Waals surface area contributed by atoms with Crippen LogP contribution in [0.25, 0.3) is 0 Å². The highest BCUT2D eigenvalue weighted by Crippen LogP contribution is 2.23. The van der Waals surface area contributed by atoms with Crippen LogP contribution >= 0.6 is 0 Å². The monoisotopic (exact) mass is 270 g/mol. The van der Waals surface area contributed by atoms with Crippen molar-refractivity contribution in [3.05, 3.63) is 0 Å². The summed E-state index contributed by atoms with van der Waals surface area (Å²) in [6.07, 6.45) is 3.54. The van der Waals surface area contributed by atoms with E-state index >= 15 is 0 Å². The van der Waals surface area contributed by atoms with Gasteiger partial charge in [0.2, 0.25) is 0 Å². The minimum absolute atomic E-state index is 0.124. The maximum atomic E-state index is 12.5. The van der Waals surface area contributed by atoms with Gasteiger partial charge in [-0.05, 0) is 19.8 Å². The van der Waals surface area contributed by atoms with Crippen LogP contribution in [-0.4, -0.2) is 63.3 Å². The number of aliphatic carboxylic acids is 1. The number of carboxylic acid groups (broad SMARTS) is 1. The molecule has 0 aromatic heterocycles. The van der Waals surface area contributed by atoms with E-state index in [0.717, 1.165) is 25.7 Å². The Morgan fingerprint density at radius 1 is 1.16 bits per heavy atom. The minimum Gasteiger partial charge on any atom is -0.480 e. The highest BCUT2D eigenvalue weighted by atomic mass is 16.4. The van der Waals surface area contributed by atoms with E-state index < -0.39 is 18.1 Å². The zero-order valence-electron chi connectivity index (χ0n) is 11.3. The van der Waals surface area contributed by atoms with E-state index in [1.54, 1.807) is 4.90 Å². The standard InChI is InChI=1S/C13H22N2O4/c1-9-5-3-2-4-6-14(9)13(19)15-8-10(16)7-11(15)12(17)18/h9-11,16H,2-8H2,1H3,(H,17,18)/t9?,10-,11-/m0/s1. The van der Waals surface area contributed by atoms with Gasteiger partial charge in [0.25, 0.3) is 0 Å². The van der Waals surface area contributed by atoms with Gasteiger partial charge in [0.15, 0.2) is 0 Å². The van der Waals surface area contributed by atoms with Crippen molar-refractivity contribution in [2.75, 3.05) is 13.1 Å². The number of hydrogen-bond donors (Lipinski definition) is 2. The van der Waals surface area contributed by atoms with Crippen molar-refractivity contribution in [2.45, 2.75) is 57.2 Å². The molecule has 2 fully saturated rings. The molecule has 0 saturated carbocycles. The second kappa shape index (κ2) is 5.77. The predicted octanol–water partition coefficient (Wildman–Crippen LogP) is 0.891. The second-order valence-corrected chi connectivity index (χ2v) is 5.57. The highest BCUT2D eigenvalue weighted by molar-refractivity contribution is 5.83. The number of carboxylic acids is 1. The first-order valence-electron chi connectivity index (χ1n) is 6.99. The summed E-state index contributed by atoms with van der Waals surface area (Å²) in [4.78, 5) is 26.8. The van der Waals surface area contributed by atoms with Crippen molar-refractivity contribution in [1.82, 2.24) is 9.80 Å². The predicted molar refractivity (Wildman–Crippen MR) is 68.8 cm³/mol. The van der Waals surface area contributed by atoms with Crippen molar-refractivity contribution < 1.29 is 19.8 Å². The van der Waals surface area contributed by atoms with Crippen LogP contribution in [-0.2, 0) is 4.79 Å². The van der Waals surface area contributed by atoms with Crippen molar-refractivity contribution >= 4 is 12.0 Å². The van der Waals surface area contributed by atoms with Crippen LogP contribution in [0.1, 0.15) is 39.0 Å². The fourth-order valence-electron chi connectivity index (χ4n) is 2.98. The topological polar surface area (TPSA) is 81.1 Å². The lowest BCUT2D eigenvalue weighted by Crippen LogP contribution is -2.50. The number of likely N-dealkylation sites (tertiary alicyclic amines) is 2. The lowest BCUT2D eigenvalue weighted by Gasteiger charge is -2.33. The van der Waals surface area contributed by atoms with E-state index in [9.17, 15) is 14.7 Å². The highest BCUT2D eigenvalue weighted by Gasteiger charge is 2.41. The summed E-state index contributed by atoms with van der Waals surface area (Å²) in [5.74, 6) is -1.03. The summed E-state index contributed by atoms with van der Waals surface area (Å²) in [7, 11) is 0. The van der Waals surface area contributed by atoms with E-state index in [2.05, 4.69) is 0 Å². The molecule has 0 aromatic rings. The summed E-state index contributed by atoms with van der Waals surface area (Å²) in [6.45, 7) is 2.81. The van der Waals surface area contributed by atoms with Gasteiger partial charge in [-0.2, -0.15) is 0 Å². The average molecular weight is 270 g/mol. The van der Waals surface area contributed by atoms with Crippen LogP contribution in [0, 0.1) is 0 Å². The SMILES string of the molecule is CC1CCCCCN1C(=O)N1C[C@@H](O)C[C@H]1C(=O)O. The largest absolute Gasteiger partial charge is 0.480 e. The van der Waals surface area contributed by atoms with Crippen molar-refractivity contribution in [2.24, 2.45) is 0 Å². The molecule has 0 spiro atoms. The molecule has 2 amide bonds. The number of urea groups is 1. The third-order valence-electron chi connectivity index (χ3n) is 4.11. The van der Waals surface area contributed by atoms with Gasteiger partial charge in [-0.15, -0.1) is 0 Å². The molecule has 108 valence electrons. The van der Waals surface area contributed by atoms with E-state index in [-0.39, 0.29) is 25.0 Å². The molecular weight excluding hydrogens is 248 g/mol. The van der Waals surface area contributed by atoms with E-state index in [4.69, 9.17) is 5.11 Å². The molecule has 2 N–H and O–H groups in total. The summed E-state index contributed by atoms with van der Waals surface area (Å²) < 4.78 is 0. The van der Waals surface area contributed by atoms with Crippen molar-refractivity contribution in [3.63, 3.8) is 0 Å². The third kappa shape index (κ3) is 3.00. The fraction of sp³-hybridized carbons (Fsp3) is 0.846. The Morgan fingerprint density at radius 3 is 2.58 bits per heavy atom. The summed E-state index contributed by atoms with van der Waals surface area (Å²) in [5.41, 5.74) is 0. The van der Waals surface area contributed by atoms with Gasteiger partial charge in [-0.25, -0.2) is 9.59 Å². The molecule has 0 aliphatic carbocycles. The van der Waals surface area contributed by atoms with Crippen LogP contribution in [0.4, 0.5) is 4.79 Å². The Hall–Kier alpha value is -1.30. The summed E-state index contributed by atoms with van der Waals surface area (Å²) in [6, 6.07) is -0.988. The van der Waals surface area contributed by atoms with Gasteiger partial charge in [0, 0.05) is 25.6 Å². The lowest BCUT2D eigenvalue weighted by atomic mass is 10.1. The van der Waals surface area contributed by atoms with Crippen LogP contribution in [0.3, 0.4) is 0 Å². The maximum Gasteiger partial charge on any atom is 0.326 e. The molecule has 1 unspecified atom stereocenters. The second-order valence-electron chi connectivity index (χ2n) is 5.57. The van der Waals surface area contributed by atoms with Crippen LogP contribution in [0.5, 0.6) is 0 Å². The number of aliphatic hydroxyl groups excluding tert-OH is 1. The first-order valence-corrected chi connectivity index (χ1v) is 6.99. The van der Waals surface area contributed by atoms with Crippen LogP contribution in [0.2, 0.25) is 0 Å². The number of aliphatic hydroxyl groups is 1. The Labute approximate surface area is 113 Å². The number of nitrogens with zero attached hydrogens (tertiary/aromatic N) is 2. The van der Waals surface area contributed by atoms with Gasteiger partial charge >= 0.3 is 12.0 Å². The van der Waals surface area contributed by atoms with Gasteiger partial charge in [0.05, 0.1) is 6.10 Å². The Bertz CT molecular complexity index is 361. The van der Waals surface area contributed by atoms with Gasteiger partial charge < -0.3 is 20.0 Å². The number of carbonyl (C=O) groups is 2. The minimum atomic E-state index is -1.03. The zero-order chi connectivity index (χ0) is 14.0. The summed E-state index contributed by atoms with van der Waals surface area (Å²) >= 11 is 0. The number of β-amino-alcohol motifs (C(OH)–C–C–N with tert-alkyl or cyclic N) is 1. The van der Waals surface area contributed by atoms with Crippen LogP contribution in [0.15, 0.2) is 0 Å². The quantitative estimate of drug-likeness (QED) is 0.741. The van der Waals surface area contributed by atoms with Crippen molar-refractivity contribution in [1.29, 1.82) is 0 Å². The molecule has 0 bridgehead atoms. The molecule has 3 atom stereocenters. The number of carbonyl (C=O) groups excluding carboxylic acids is 1. The number of amides is 2. The van der Waals surface area contributed by atoms with E-state index in [1.807, 2.05) is 6.92 Å². The third-order valence-corrected chi connectivity index (χ3v) is 4.11. The average Bonchev–Trinajstić information content (AvgIpc) is 2.62. The molecule has 2 saturated heterocycles. The van der Waals surface area contributed by atoms with Gasteiger partial charge in [0.1, 0.15) is 6.04 Å². The molecule has 0 radical (unpaired) electrons. The molecule has 6 heteroatoms.